The van der Waals surface area contributed by atoms with Crippen LogP contribution in [0, 0.1) is 13.8 Å². The standard InChI is InChI=1S/C16H16ClNO2/c1-10-3-4-12(8-14(10)17)9-18-15-6-5-13(16(19)20)7-11(15)2/h3-8,18H,9H2,1-2H3,(H,19,20). The van der Waals surface area contributed by atoms with Gasteiger partial charge in [-0.15, -0.1) is 0 Å². The molecule has 0 unspecified atom stereocenters. The monoisotopic (exact) mass is 289 g/mol. The lowest BCUT2D eigenvalue weighted by atomic mass is 10.1. The van der Waals surface area contributed by atoms with Crippen LogP contribution in [0.1, 0.15) is 27.0 Å². The van der Waals surface area contributed by atoms with Crippen molar-refractivity contribution in [3.63, 3.8) is 0 Å². The third-order valence-electron chi connectivity index (χ3n) is 3.19. The number of anilines is 1. The lowest BCUT2D eigenvalue weighted by Crippen LogP contribution is -2.03. The predicted octanol–water partition coefficient (Wildman–Crippen LogP) is 4.27. The van der Waals surface area contributed by atoms with E-state index in [0.29, 0.717) is 12.1 Å². The van der Waals surface area contributed by atoms with Crippen molar-refractivity contribution in [1.82, 2.24) is 0 Å². The van der Waals surface area contributed by atoms with E-state index in [9.17, 15) is 4.79 Å². The van der Waals surface area contributed by atoms with E-state index in [2.05, 4.69) is 5.32 Å². The molecule has 2 aromatic carbocycles. The van der Waals surface area contributed by atoms with Crippen molar-refractivity contribution in [2.75, 3.05) is 5.32 Å². The van der Waals surface area contributed by atoms with Gasteiger partial charge in [-0.25, -0.2) is 4.79 Å². The van der Waals surface area contributed by atoms with E-state index < -0.39 is 5.97 Å². The third-order valence-corrected chi connectivity index (χ3v) is 3.60. The highest BCUT2D eigenvalue weighted by Crippen LogP contribution is 2.20. The molecule has 0 atom stereocenters. The number of aryl methyl sites for hydroxylation is 2. The molecule has 2 N–H and O–H groups in total. The Kier molecular flexibility index (Phi) is 4.30. The Morgan fingerprint density at radius 2 is 1.90 bits per heavy atom. The van der Waals surface area contributed by atoms with Gasteiger partial charge in [0, 0.05) is 17.3 Å². The predicted molar refractivity (Wildman–Crippen MR) is 81.7 cm³/mol. The first-order valence-corrected chi connectivity index (χ1v) is 6.68. The van der Waals surface area contributed by atoms with Crippen molar-refractivity contribution in [2.24, 2.45) is 0 Å². The first-order valence-electron chi connectivity index (χ1n) is 6.30. The van der Waals surface area contributed by atoms with Crippen molar-refractivity contribution >= 4 is 23.3 Å². The van der Waals surface area contributed by atoms with Gasteiger partial charge in [-0.2, -0.15) is 0 Å². The van der Waals surface area contributed by atoms with E-state index in [1.54, 1.807) is 18.2 Å². The molecule has 2 rings (SSSR count). The quantitative estimate of drug-likeness (QED) is 0.884. The van der Waals surface area contributed by atoms with Gasteiger partial charge in [0.2, 0.25) is 0 Å². The van der Waals surface area contributed by atoms with Gasteiger partial charge in [0.15, 0.2) is 0 Å². The molecule has 0 aliphatic heterocycles. The number of benzene rings is 2. The summed E-state index contributed by atoms with van der Waals surface area (Å²) in [6.45, 7) is 4.50. The van der Waals surface area contributed by atoms with Gasteiger partial charge in [-0.05, 0) is 54.8 Å². The number of rotatable bonds is 4. The number of carboxylic acid groups (broad SMARTS) is 1. The molecule has 0 aliphatic carbocycles. The Labute approximate surface area is 123 Å². The van der Waals surface area contributed by atoms with Crippen LogP contribution in [0.5, 0.6) is 0 Å². The molecule has 0 amide bonds. The van der Waals surface area contributed by atoms with E-state index in [4.69, 9.17) is 16.7 Å². The number of hydrogen-bond donors (Lipinski definition) is 2. The summed E-state index contributed by atoms with van der Waals surface area (Å²) in [6, 6.07) is 11.0. The molecule has 0 saturated heterocycles. The number of halogens is 1. The van der Waals surface area contributed by atoms with E-state index in [1.807, 2.05) is 32.0 Å². The zero-order chi connectivity index (χ0) is 14.7. The van der Waals surface area contributed by atoms with Crippen molar-refractivity contribution in [3.05, 3.63) is 63.7 Å². The molecule has 0 saturated carbocycles. The van der Waals surface area contributed by atoms with E-state index in [1.165, 1.54) is 0 Å². The fraction of sp³-hybridized carbons (Fsp3) is 0.188. The van der Waals surface area contributed by atoms with Gasteiger partial charge in [0.1, 0.15) is 0 Å². The Hall–Kier alpha value is -2.00. The van der Waals surface area contributed by atoms with Crippen LogP contribution in [0.4, 0.5) is 5.69 Å². The minimum Gasteiger partial charge on any atom is -0.478 e. The van der Waals surface area contributed by atoms with E-state index >= 15 is 0 Å². The summed E-state index contributed by atoms with van der Waals surface area (Å²) in [7, 11) is 0. The zero-order valence-corrected chi connectivity index (χ0v) is 12.2. The summed E-state index contributed by atoms with van der Waals surface area (Å²) in [6.07, 6.45) is 0. The van der Waals surface area contributed by atoms with Crippen LogP contribution in [-0.4, -0.2) is 11.1 Å². The van der Waals surface area contributed by atoms with Crippen molar-refractivity contribution in [1.29, 1.82) is 0 Å². The molecule has 0 heterocycles. The van der Waals surface area contributed by atoms with Crippen LogP contribution in [0.25, 0.3) is 0 Å². The topological polar surface area (TPSA) is 49.3 Å². The molecule has 0 bridgehead atoms. The summed E-state index contributed by atoms with van der Waals surface area (Å²) < 4.78 is 0. The Balaban J connectivity index is 2.10. The normalized spacial score (nSPS) is 10.3. The highest BCUT2D eigenvalue weighted by Gasteiger charge is 2.05. The number of hydrogen-bond acceptors (Lipinski definition) is 2. The average molecular weight is 290 g/mol. The molecule has 3 nitrogen and oxygen atoms in total. The van der Waals surface area contributed by atoms with Crippen LogP contribution in [0.15, 0.2) is 36.4 Å². The molecule has 2 aromatic rings. The fourth-order valence-corrected chi connectivity index (χ4v) is 2.14. The summed E-state index contributed by atoms with van der Waals surface area (Å²) in [5.74, 6) is -0.912. The summed E-state index contributed by atoms with van der Waals surface area (Å²) in [5, 5.41) is 13.0. The van der Waals surface area contributed by atoms with Gasteiger partial charge in [-0.1, -0.05) is 23.7 Å². The highest BCUT2D eigenvalue weighted by atomic mass is 35.5. The number of carboxylic acids is 1. The van der Waals surface area contributed by atoms with Gasteiger partial charge in [0.05, 0.1) is 5.56 Å². The van der Waals surface area contributed by atoms with Gasteiger partial charge in [0.25, 0.3) is 0 Å². The molecule has 20 heavy (non-hydrogen) atoms. The second-order valence-corrected chi connectivity index (χ2v) is 5.18. The second kappa shape index (κ2) is 5.97. The first kappa shape index (κ1) is 14.4. The van der Waals surface area contributed by atoms with Crippen molar-refractivity contribution in [3.8, 4) is 0 Å². The summed E-state index contributed by atoms with van der Waals surface area (Å²) in [4.78, 5) is 10.9. The summed E-state index contributed by atoms with van der Waals surface area (Å²) >= 11 is 6.09. The lowest BCUT2D eigenvalue weighted by Gasteiger charge is -2.11. The minimum absolute atomic E-state index is 0.298. The van der Waals surface area contributed by atoms with Crippen LogP contribution >= 0.6 is 11.6 Å². The molecule has 0 spiro atoms. The van der Waals surface area contributed by atoms with Gasteiger partial charge < -0.3 is 10.4 Å². The summed E-state index contributed by atoms with van der Waals surface area (Å²) in [5.41, 5.74) is 4.26. The molecule has 104 valence electrons. The molecule has 0 aliphatic rings. The average Bonchev–Trinajstić information content (AvgIpc) is 2.41. The first-order chi connectivity index (χ1) is 9.47. The maximum Gasteiger partial charge on any atom is 0.335 e. The number of nitrogens with one attached hydrogen (secondary N) is 1. The van der Waals surface area contributed by atoms with E-state index in [-0.39, 0.29) is 0 Å². The van der Waals surface area contributed by atoms with Gasteiger partial charge in [-0.3, -0.25) is 0 Å². The van der Waals surface area contributed by atoms with Crippen LogP contribution in [-0.2, 0) is 6.54 Å². The van der Waals surface area contributed by atoms with Crippen molar-refractivity contribution < 1.29 is 9.90 Å². The third kappa shape index (κ3) is 3.31. The number of aromatic carboxylic acids is 1. The highest BCUT2D eigenvalue weighted by molar-refractivity contribution is 6.31. The molecular formula is C16H16ClNO2. The largest absolute Gasteiger partial charge is 0.478 e. The fourth-order valence-electron chi connectivity index (χ4n) is 1.94. The zero-order valence-electron chi connectivity index (χ0n) is 11.4. The SMILES string of the molecule is Cc1ccc(CNc2ccc(C(=O)O)cc2C)cc1Cl. The molecule has 0 fully saturated rings. The minimum atomic E-state index is -0.912. The van der Waals surface area contributed by atoms with Crippen LogP contribution < -0.4 is 5.32 Å². The molecule has 0 radical (unpaired) electrons. The molecular weight excluding hydrogens is 274 g/mol. The van der Waals surface area contributed by atoms with Gasteiger partial charge >= 0.3 is 5.97 Å². The van der Waals surface area contributed by atoms with Crippen molar-refractivity contribution in [2.45, 2.75) is 20.4 Å². The molecule has 0 aromatic heterocycles. The van der Waals surface area contributed by atoms with Crippen LogP contribution in [0.3, 0.4) is 0 Å². The Morgan fingerprint density at radius 1 is 1.15 bits per heavy atom. The maximum atomic E-state index is 10.9. The maximum absolute atomic E-state index is 10.9. The Morgan fingerprint density at radius 3 is 2.50 bits per heavy atom. The number of carbonyl (C=O) groups is 1. The van der Waals surface area contributed by atoms with E-state index in [0.717, 1.165) is 27.4 Å². The van der Waals surface area contributed by atoms with Crippen LogP contribution in [0.2, 0.25) is 5.02 Å². The lowest BCUT2D eigenvalue weighted by molar-refractivity contribution is 0.0697. The second-order valence-electron chi connectivity index (χ2n) is 4.77. The smallest absolute Gasteiger partial charge is 0.335 e. The Bertz CT molecular complexity index is 653. The molecule has 4 heteroatoms.